The lowest BCUT2D eigenvalue weighted by molar-refractivity contribution is 0.593. The van der Waals surface area contributed by atoms with Crippen molar-refractivity contribution in [2.24, 2.45) is 5.92 Å². The van der Waals surface area contributed by atoms with Gasteiger partial charge in [0.25, 0.3) is 0 Å². The first kappa shape index (κ1) is 10.8. The van der Waals surface area contributed by atoms with Crippen LogP contribution in [0.2, 0.25) is 0 Å². The van der Waals surface area contributed by atoms with Gasteiger partial charge < -0.3 is 11.1 Å². The molecule has 0 aliphatic heterocycles. The molecule has 0 aromatic heterocycles. The second-order valence-corrected chi connectivity index (χ2v) is 3.63. The molecule has 0 radical (unpaired) electrons. The molecule has 1 unspecified atom stereocenters. The molecule has 2 nitrogen and oxygen atoms in total. The van der Waals surface area contributed by atoms with Crippen molar-refractivity contribution in [1.29, 1.82) is 0 Å². The van der Waals surface area contributed by atoms with E-state index in [1.54, 1.807) is 6.07 Å². The highest BCUT2D eigenvalue weighted by Crippen LogP contribution is 2.19. The highest BCUT2D eigenvalue weighted by Gasteiger charge is 2.02. The molecule has 0 spiro atoms. The third-order valence-electron chi connectivity index (χ3n) is 2.35. The number of nitrogens with one attached hydrogen (secondary N) is 1. The number of nitrogens with two attached hydrogens (primary N) is 1. The Bertz CT molecular complexity index is 299. The summed E-state index contributed by atoms with van der Waals surface area (Å²) in [5.41, 5.74) is 6.92. The third-order valence-corrected chi connectivity index (χ3v) is 2.35. The fraction of sp³-hybridized carbons (Fsp3) is 0.455. The minimum atomic E-state index is -0.295. The molecule has 0 aliphatic rings. The Morgan fingerprint density at radius 2 is 2.21 bits per heavy atom. The van der Waals surface area contributed by atoms with Gasteiger partial charge in [-0.15, -0.1) is 0 Å². The normalized spacial score (nSPS) is 12.5. The topological polar surface area (TPSA) is 38.0 Å². The number of hydrogen-bond acceptors (Lipinski definition) is 2. The first-order chi connectivity index (χ1) is 6.63. The largest absolute Gasteiger partial charge is 0.397 e. The molecule has 1 aromatic rings. The van der Waals surface area contributed by atoms with Gasteiger partial charge in [0.05, 0.1) is 11.4 Å². The van der Waals surface area contributed by atoms with E-state index in [9.17, 15) is 4.39 Å². The molecule has 1 rings (SSSR count). The minimum Gasteiger partial charge on any atom is -0.397 e. The van der Waals surface area contributed by atoms with Gasteiger partial charge in [0.2, 0.25) is 0 Å². The van der Waals surface area contributed by atoms with Crippen LogP contribution in [-0.4, -0.2) is 6.54 Å². The highest BCUT2D eigenvalue weighted by atomic mass is 19.1. The molecule has 1 atom stereocenters. The van der Waals surface area contributed by atoms with Gasteiger partial charge in [-0.25, -0.2) is 4.39 Å². The van der Waals surface area contributed by atoms with Crippen LogP contribution in [-0.2, 0) is 0 Å². The molecule has 0 saturated heterocycles. The molecular formula is C11H17FN2. The Morgan fingerprint density at radius 1 is 1.50 bits per heavy atom. The smallest absolute Gasteiger partial charge is 0.125 e. The molecule has 78 valence electrons. The van der Waals surface area contributed by atoms with E-state index in [0.29, 0.717) is 11.6 Å². The minimum absolute atomic E-state index is 0.295. The lowest BCUT2D eigenvalue weighted by Gasteiger charge is -2.12. The summed E-state index contributed by atoms with van der Waals surface area (Å²) < 4.78 is 12.7. The maximum atomic E-state index is 12.7. The summed E-state index contributed by atoms with van der Waals surface area (Å²) >= 11 is 0. The van der Waals surface area contributed by atoms with E-state index >= 15 is 0 Å². The summed E-state index contributed by atoms with van der Waals surface area (Å²) in [5.74, 6) is 0.302. The fourth-order valence-corrected chi connectivity index (χ4v) is 1.12. The van der Waals surface area contributed by atoms with Crippen molar-refractivity contribution in [3.05, 3.63) is 24.0 Å². The zero-order chi connectivity index (χ0) is 10.6. The first-order valence-electron chi connectivity index (χ1n) is 4.92. The lowest BCUT2D eigenvalue weighted by atomic mass is 10.1. The van der Waals surface area contributed by atoms with Crippen molar-refractivity contribution >= 4 is 11.4 Å². The predicted molar refractivity (Wildman–Crippen MR) is 58.8 cm³/mol. The lowest BCUT2D eigenvalue weighted by Crippen LogP contribution is -2.11. The Labute approximate surface area is 84.3 Å². The van der Waals surface area contributed by atoms with Crippen molar-refractivity contribution in [2.45, 2.75) is 20.3 Å². The molecular weight excluding hydrogens is 179 g/mol. The Hall–Kier alpha value is -1.25. The van der Waals surface area contributed by atoms with Gasteiger partial charge in [-0.05, 0) is 24.1 Å². The second-order valence-electron chi connectivity index (χ2n) is 3.63. The van der Waals surface area contributed by atoms with E-state index in [1.165, 1.54) is 12.1 Å². The summed E-state index contributed by atoms with van der Waals surface area (Å²) in [5, 5.41) is 3.20. The number of rotatable bonds is 4. The van der Waals surface area contributed by atoms with Crippen LogP contribution in [0.1, 0.15) is 20.3 Å². The van der Waals surface area contributed by atoms with E-state index in [2.05, 4.69) is 19.2 Å². The standard InChI is InChI=1S/C11H17FN2/c1-3-8(2)7-14-11-5-4-9(12)6-10(11)13/h4-6,8,14H,3,7,13H2,1-2H3. The van der Waals surface area contributed by atoms with Crippen molar-refractivity contribution in [1.82, 2.24) is 0 Å². The van der Waals surface area contributed by atoms with Crippen LogP contribution in [0.4, 0.5) is 15.8 Å². The van der Waals surface area contributed by atoms with Gasteiger partial charge in [0.15, 0.2) is 0 Å². The molecule has 0 bridgehead atoms. The molecule has 1 aromatic carbocycles. The Kier molecular flexibility index (Phi) is 3.74. The zero-order valence-electron chi connectivity index (χ0n) is 8.68. The van der Waals surface area contributed by atoms with Crippen LogP contribution < -0.4 is 11.1 Å². The van der Waals surface area contributed by atoms with Gasteiger partial charge in [-0.2, -0.15) is 0 Å². The average molecular weight is 196 g/mol. The van der Waals surface area contributed by atoms with Crippen LogP contribution in [0.3, 0.4) is 0 Å². The first-order valence-corrected chi connectivity index (χ1v) is 4.92. The number of hydrogen-bond donors (Lipinski definition) is 2. The molecule has 0 fully saturated rings. The van der Waals surface area contributed by atoms with E-state index in [-0.39, 0.29) is 5.82 Å². The van der Waals surface area contributed by atoms with Gasteiger partial charge >= 0.3 is 0 Å². The van der Waals surface area contributed by atoms with Gasteiger partial charge in [-0.3, -0.25) is 0 Å². The fourth-order valence-electron chi connectivity index (χ4n) is 1.12. The van der Waals surface area contributed by atoms with Crippen molar-refractivity contribution in [3.63, 3.8) is 0 Å². The third kappa shape index (κ3) is 2.91. The summed E-state index contributed by atoms with van der Waals surface area (Å²) in [7, 11) is 0. The van der Waals surface area contributed by atoms with Crippen LogP contribution in [0, 0.1) is 11.7 Å². The monoisotopic (exact) mass is 196 g/mol. The van der Waals surface area contributed by atoms with E-state index in [4.69, 9.17) is 5.73 Å². The Balaban J connectivity index is 2.59. The number of anilines is 2. The van der Waals surface area contributed by atoms with Crippen molar-refractivity contribution in [2.75, 3.05) is 17.6 Å². The number of halogens is 1. The maximum absolute atomic E-state index is 12.7. The van der Waals surface area contributed by atoms with Gasteiger partial charge in [0, 0.05) is 6.54 Å². The molecule has 0 saturated carbocycles. The zero-order valence-corrected chi connectivity index (χ0v) is 8.68. The van der Waals surface area contributed by atoms with Gasteiger partial charge in [-0.1, -0.05) is 20.3 Å². The second kappa shape index (κ2) is 4.84. The quantitative estimate of drug-likeness (QED) is 0.727. The maximum Gasteiger partial charge on any atom is 0.125 e. The van der Waals surface area contributed by atoms with Crippen molar-refractivity contribution in [3.8, 4) is 0 Å². The van der Waals surface area contributed by atoms with E-state index in [0.717, 1.165) is 18.7 Å². The predicted octanol–water partition coefficient (Wildman–Crippen LogP) is 2.87. The number of nitrogen functional groups attached to an aromatic ring is 1. The van der Waals surface area contributed by atoms with Crippen LogP contribution in [0.5, 0.6) is 0 Å². The summed E-state index contributed by atoms with van der Waals surface area (Å²) in [6.07, 6.45) is 1.12. The van der Waals surface area contributed by atoms with Crippen molar-refractivity contribution < 1.29 is 4.39 Å². The summed E-state index contributed by atoms with van der Waals surface area (Å²) in [6, 6.07) is 4.42. The summed E-state index contributed by atoms with van der Waals surface area (Å²) in [4.78, 5) is 0. The molecule has 3 N–H and O–H groups in total. The van der Waals surface area contributed by atoms with E-state index in [1.807, 2.05) is 0 Å². The number of benzene rings is 1. The van der Waals surface area contributed by atoms with Crippen LogP contribution in [0.25, 0.3) is 0 Å². The SMILES string of the molecule is CCC(C)CNc1ccc(F)cc1N. The van der Waals surface area contributed by atoms with Crippen LogP contribution >= 0.6 is 0 Å². The summed E-state index contributed by atoms with van der Waals surface area (Å²) in [6.45, 7) is 5.17. The van der Waals surface area contributed by atoms with Crippen LogP contribution in [0.15, 0.2) is 18.2 Å². The molecule has 0 heterocycles. The molecule has 3 heteroatoms. The van der Waals surface area contributed by atoms with E-state index < -0.39 is 0 Å². The molecule has 0 aliphatic carbocycles. The Morgan fingerprint density at radius 3 is 2.79 bits per heavy atom. The van der Waals surface area contributed by atoms with Gasteiger partial charge in [0.1, 0.15) is 5.82 Å². The highest BCUT2D eigenvalue weighted by molar-refractivity contribution is 5.65. The molecule has 14 heavy (non-hydrogen) atoms. The molecule has 0 amide bonds. The average Bonchev–Trinajstić information content (AvgIpc) is 2.16.